The van der Waals surface area contributed by atoms with Crippen LogP contribution in [0.1, 0.15) is 16.2 Å². The van der Waals surface area contributed by atoms with E-state index in [2.05, 4.69) is 4.98 Å². The lowest BCUT2D eigenvalue weighted by molar-refractivity contribution is -0.620. The molecular formula is C19H16ClN3O5S. The summed E-state index contributed by atoms with van der Waals surface area (Å²) in [6.45, 7) is -0.345. The fraction of sp³-hybridized carbons (Fsp3) is 0.105. The number of hydrogen-bond acceptors (Lipinski definition) is 6. The highest BCUT2D eigenvalue weighted by Gasteiger charge is 2.23. The van der Waals surface area contributed by atoms with Crippen LogP contribution in [0, 0.1) is 5.21 Å². The quantitative estimate of drug-likeness (QED) is 0.336. The third-order valence-electron chi connectivity index (χ3n) is 4.02. The van der Waals surface area contributed by atoms with Crippen molar-refractivity contribution >= 4 is 33.3 Å². The number of nitrogens with zero attached hydrogens (tertiary/aromatic N) is 3. The standard InChI is InChI=1S/C19H16ClN3O5S/c1-22(16-7-3-6-15(20)12-16)29(26,27)17-8-2-5-14(11-17)19(24)28-13-18-21-9-4-10-23(18)25/h2-12H,13H2,1H3. The second kappa shape index (κ2) is 8.46. The summed E-state index contributed by atoms with van der Waals surface area (Å²) in [5.41, 5.74) is 0.402. The average Bonchev–Trinajstić information content (AvgIpc) is 2.72. The summed E-state index contributed by atoms with van der Waals surface area (Å²) in [5.74, 6) is -0.775. The molecule has 0 saturated heterocycles. The number of anilines is 1. The fourth-order valence-electron chi connectivity index (χ4n) is 2.46. The number of esters is 1. The maximum absolute atomic E-state index is 12.9. The minimum atomic E-state index is -3.94. The van der Waals surface area contributed by atoms with Gasteiger partial charge in [0, 0.05) is 18.1 Å². The zero-order valence-electron chi connectivity index (χ0n) is 15.2. The van der Waals surface area contributed by atoms with Crippen LogP contribution in [0.15, 0.2) is 71.9 Å². The highest BCUT2D eigenvalue weighted by Crippen LogP contribution is 2.25. The van der Waals surface area contributed by atoms with Gasteiger partial charge in [0.1, 0.15) is 6.20 Å². The van der Waals surface area contributed by atoms with Crippen LogP contribution in [-0.2, 0) is 21.4 Å². The van der Waals surface area contributed by atoms with E-state index in [1.807, 2.05) is 0 Å². The van der Waals surface area contributed by atoms with Gasteiger partial charge in [0.05, 0.1) is 22.3 Å². The summed E-state index contributed by atoms with van der Waals surface area (Å²) in [6, 6.07) is 13.3. The first-order valence-corrected chi connectivity index (χ1v) is 10.2. The molecule has 3 aromatic rings. The van der Waals surface area contributed by atoms with E-state index in [1.165, 1.54) is 55.8 Å². The number of benzene rings is 2. The van der Waals surface area contributed by atoms with E-state index >= 15 is 0 Å². The number of hydrogen-bond donors (Lipinski definition) is 0. The van der Waals surface area contributed by atoms with Gasteiger partial charge < -0.3 is 9.94 Å². The highest BCUT2D eigenvalue weighted by molar-refractivity contribution is 7.92. The largest absolute Gasteiger partial charge is 0.711 e. The van der Waals surface area contributed by atoms with Gasteiger partial charge >= 0.3 is 11.8 Å². The number of carbonyl (C=O) groups excluding carboxylic acids is 1. The molecule has 0 unspecified atom stereocenters. The Kier molecular flexibility index (Phi) is 6.00. The molecule has 1 heterocycles. The maximum atomic E-state index is 12.9. The van der Waals surface area contributed by atoms with Crippen LogP contribution in [0.5, 0.6) is 0 Å². The summed E-state index contributed by atoms with van der Waals surface area (Å²) in [7, 11) is -2.55. The number of carbonyl (C=O) groups is 1. The second-order valence-electron chi connectivity index (χ2n) is 5.92. The molecule has 0 aliphatic carbocycles. The van der Waals surface area contributed by atoms with E-state index in [-0.39, 0.29) is 22.9 Å². The predicted octanol–water partition coefficient (Wildman–Crippen LogP) is 2.55. The van der Waals surface area contributed by atoms with Crippen molar-refractivity contribution in [3.63, 3.8) is 0 Å². The van der Waals surface area contributed by atoms with Crippen molar-refractivity contribution in [3.8, 4) is 0 Å². The summed E-state index contributed by atoms with van der Waals surface area (Å²) in [4.78, 5) is 16.0. The molecule has 0 aliphatic heterocycles. The molecule has 0 spiro atoms. The molecule has 2 aromatic carbocycles. The first kappa shape index (κ1) is 20.6. The molecule has 3 rings (SSSR count). The van der Waals surface area contributed by atoms with E-state index in [0.717, 1.165) is 4.31 Å². The lowest BCUT2D eigenvalue weighted by atomic mass is 10.2. The van der Waals surface area contributed by atoms with E-state index in [0.29, 0.717) is 15.4 Å². The van der Waals surface area contributed by atoms with Crippen molar-refractivity contribution in [2.45, 2.75) is 11.5 Å². The van der Waals surface area contributed by atoms with Gasteiger partial charge in [0.15, 0.2) is 6.61 Å². The molecule has 0 bridgehead atoms. The Balaban J connectivity index is 1.81. The summed E-state index contributed by atoms with van der Waals surface area (Å²) in [5, 5.41) is 12.0. The van der Waals surface area contributed by atoms with Crippen molar-refractivity contribution in [3.05, 3.63) is 88.6 Å². The summed E-state index contributed by atoms with van der Waals surface area (Å²) in [6.07, 6.45) is 2.63. The number of rotatable bonds is 6. The molecule has 0 fully saturated rings. The van der Waals surface area contributed by atoms with Gasteiger partial charge in [-0.2, -0.15) is 0 Å². The normalized spacial score (nSPS) is 11.1. The zero-order valence-corrected chi connectivity index (χ0v) is 16.8. The fourth-order valence-corrected chi connectivity index (χ4v) is 3.87. The third-order valence-corrected chi connectivity index (χ3v) is 6.03. The topological polar surface area (TPSA) is 104 Å². The maximum Gasteiger partial charge on any atom is 0.339 e. The SMILES string of the molecule is CN(c1cccc(Cl)c1)S(=O)(=O)c1cccc(C(=O)OCc2nccc[n+]2[O-])c1. The highest BCUT2D eigenvalue weighted by atomic mass is 35.5. The molecule has 0 saturated carbocycles. The lowest BCUT2D eigenvalue weighted by Crippen LogP contribution is -2.33. The minimum Gasteiger partial charge on any atom is -0.711 e. The van der Waals surface area contributed by atoms with Crippen molar-refractivity contribution in [1.29, 1.82) is 0 Å². The van der Waals surface area contributed by atoms with Crippen LogP contribution >= 0.6 is 11.6 Å². The van der Waals surface area contributed by atoms with Gasteiger partial charge in [-0.3, -0.25) is 4.31 Å². The third kappa shape index (κ3) is 4.64. The van der Waals surface area contributed by atoms with Gasteiger partial charge in [-0.05, 0) is 41.4 Å². The van der Waals surface area contributed by atoms with Crippen LogP contribution < -0.4 is 9.04 Å². The molecule has 8 nitrogen and oxygen atoms in total. The number of sulfonamides is 1. The van der Waals surface area contributed by atoms with Crippen molar-refractivity contribution < 1.29 is 22.7 Å². The molecule has 150 valence electrons. The Morgan fingerprint density at radius 2 is 1.97 bits per heavy atom. The van der Waals surface area contributed by atoms with Crippen LogP contribution in [0.3, 0.4) is 0 Å². The van der Waals surface area contributed by atoms with Crippen LogP contribution in [-0.4, -0.2) is 26.4 Å². The number of aromatic nitrogens is 2. The summed E-state index contributed by atoms with van der Waals surface area (Å²) >= 11 is 5.94. The Morgan fingerprint density at radius 1 is 1.21 bits per heavy atom. The van der Waals surface area contributed by atoms with E-state index in [1.54, 1.807) is 18.2 Å². The molecule has 0 atom stereocenters. The van der Waals surface area contributed by atoms with Gasteiger partial charge in [0.25, 0.3) is 10.0 Å². The van der Waals surface area contributed by atoms with Gasteiger partial charge in [-0.1, -0.05) is 23.7 Å². The molecular weight excluding hydrogens is 418 g/mol. The molecule has 0 N–H and O–H groups in total. The first-order valence-electron chi connectivity index (χ1n) is 8.34. The summed E-state index contributed by atoms with van der Waals surface area (Å²) < 4.78 is 32.5. The zero-order chi connectivity index (χ0) is 21.0. The minimum absolute atomic E-state index is 0.00492. The predicted molar refractivity (Wildman–Crippen MR) is 106 cm³/mol. The van der Waals surface area contributed by atoms with Crippen LogP contribution in [0.2, 0.25) is 5.02 Å². The van der Waals surface area contributed by atoms with E-state index in [4.69, 9.17) is 16.3 Å². The van der Waals surface area contributed by atoms with Gasteiger partial charge in [-0.15, -0.1) is 0 Å². The number of ether oxygens (including phenoxy) is 1. The molecule has 0 aliphatic rings. The van der Waals surface area contributed by atoms with Gasteiger partial charge in [0.2, 0.25) is 0 Å². The molecule has 0 radical (unpaired) electrons. The second-order valence-corrected chi connectivity index (χ2v) is 8.32. The first-order chi connectivity index (χ1) is 13.8. The monoisotopic (exact) mass is 433 g/mol. The van der Waals surface area contributed by atoms with Gasteiger partial charge in [-0.25, -0.2) is 17.9 Å². The Hall–Kier alpha value is -3.17. The van der Waals surface area contributed by atoms with Crippen LogP contribution in [0.4, 0.5) is 5.69 Å². The Labute approximate surface area is 172 Å². The molecule has 29 heavy (non-hydrogen) atoms. The van der Waals surface area contributed by atoms with Crippen molar-refractivity contribution in [2.24, 2.45) is 0 Å². The Bertz CT molecular complexity index is 1150. The lowest BCUT2D eigenvalue weighted by Gasteiger charge is -2.20. The smallest absolute Gasteiger partial charge is 0.339 e. The van der Waals surface area contributed by atoms with Crippen molar-refractivity contribution in [1.82, 2.24) is 4.98 Å². The van der Waals surface area contributed by atoms with E-state index < -0.39 is 16.0 Å². The molecule has 1 aromatic heterocycles. The molecule has 10 heteroatoms. The average molecular weight is 434 g/mol. The Morgan fingerprint density at radius 3 is 2.69 bits per heavy atom. The van der Waals surface area contributed by atoms with Crippen LogP contribution in [0.25, 0.3) is 0 Å². The number of halogens is 1. The van der Waals surface area contributed by atoms with Crippen molar-refractivity contribution in [2.75, 3.05) is 11.4 Å². The van der Waals surface area contributed by atoms with E-state index in [9.17, 15) is 18.4 Å². The molecule has 0 amide bonds.